The first kappa shape index (κ1) is 23.0. The van der Waals surface area contributed by atoms with Crippen LogP contribution >= 0.6 is 0 Å². The van der Waals surface area contributed by atoms with Gasteiger partial charge in [0.15, 0.2) is 28.9 Å². The van der Waals surface area contributed by atoms with E-state index >= 15 is 0 Å². The third-order valence-corrected chi connectivity index (χ3v) is 6.69. The third kappa shape index (κ3) is 4.16. The molecule has 0 bridgehead atoms. The zero-order valence-corrected chi connectivity index (χ0v) is 19.5. The van der Waals surface area contributed by atoms with Crippen LogP contribution in [0.15, 0.2) is 35.4 Å². The number of hydrogen-bond donors (Lipinski definition) is 1. The topological polar surface area (TPSA) is 112 Å². The molecule has 0 spiro atoms. The second kappa shape index (κ2) is 9.14. The van der Waals surface area contributed by atoms with Crippen LogP contribution in [0.5, 0.6) is 11.5 Å². The molecule has 1 aromatic carbocycles. The fourth-order valence-corrected chi connectivity index (χ4v) is 4.88. The van der Waals surface area contributed by atoms with E-state index in [1.165, 1.54) is 25.4 Å². The number of aromatic nitrogens is 2. The second-order valence-corrected chi connectivity index (χ2v) is 8.97. The molecule has 1 N–H and O–H groups in total. The van der Waals surface area contributed by atoms with Crippen LogP contribution in [-0.4, -0.2) is 47.3 Å². The van der Waals surface area contributed by atoms with Crippen LogP contribution in [0.2, 0.25) is 0 Å². The van der Waals surface area contributed by atoms with Crippen molar-refractivity contribution in [3.63, 3.8) is 0 Å². The maximum absolute atomic E-state index is 14.7. The Morgan fingerprint density at radius 2 is 2.23 bits per heavy atom. The highest BCUT2D eigenvalue weighted by molar-refractivity contribution is 5.89. The highest BCUT2D eigenvalue weighted by atomic mass is 19.1. The highest BCUT2D eigenvalue weighted by Gasteiger charge is 2.28. The van der Waals surface area contributed by atoms with Crippen molar-refractivity contribution in [3.8, 4) is 11.5 Å². The summed E-state index contributed by atoms with van der Waals surface area (Å²) in [5.74, 6) is -0.542. The van der Waals surface area contributed by atoms with Gasteiger partial charge in [0.25, 0.3) is 0 Å². The summed E-state index contributed by atoms with van der Waals surface area (Å²) in [6, 6.07) is 4.42. The van der Waals surface area contributed by atoms with E-state index in [4.69, 9.17) is 9.47 Å². The molecular weight excluding hydrogens is 457 g/mol. The van der Waals surface area contributed by atoms with Gasteiger partial charge in [-0.25, -0.2) is 4.39 Å². The summed E-state index contributed by atoms with van der Waals surface area (Å²) < 4.78 is 27.6. The number of rotatable bonds is 6. The van der Waals surface area contributed by atoms with Crippen LogP contribution in [0, 0.1) is 15.9 Å². The van der Waals surface area contributed by atoms with E-state index < -0.39 is 10.7 Å². The zero-order valence-electron chi connectivity index (χ0n) is 19.5. The van der Waals surface area contributed by atoms with Crippen LogP contribution in [0.25, 0.3) is 10.9 Å². The van der Waals surface area contributed by atoms with Crippen molar-refractivity contribution in [1.29, 1.82) is 0 Å². The van der Waals surface area contributed by atoms with E-state index in [-0.39, 0.29) is 40.2 Å². The molecular formula is C24H26FN5O5. The molecule has 2 unspecified atom stereocenters. The van der Waals surface area contributed by atoms with Crippen molar-refractivity contribution in [2.75, 3.05) is 31.7 Å². The number of nitro groups is 1. The molecule has 0 saturated carbocycles. The van der Waals surface area contributed by atoms with Gasteiger partial charge in [0.05, 0.1) is 29.7 Å². The second-order valence-electron chi connectivity index (χ2n) is 8.97. The molecule has 2 aliphatic heterocycles. The van der Waals surface area contributed by atoms with Crippen LogP contribution in [0.1, 0.15) is 31.4 Å². The number of piperidine rings is 1. The Kier molecular flexibility index (Phi) is 6.01. The SMILES string of the molecule is COc1c(F)cc2c(=O)c(CNC3CCCN(c4ccc([N+](=O)[O-])nc4)C3)cn3c2c1OCC3C. The van der Waals surface area contributed by atoms with Crippen molar-refractivity contribution in [1.82, 2.24) is 14.9 Å². The summed E-state index contributed by atoms with van der Waals surface area (Å²) in [6.45, 7) is 4.17. The Bertz CT molecular complexity index is 1340. The standard InChI is InChI=1S/C24H26FN5O5/c1-14-13-35-24-21-18(8-19(25)23(24)34-2)22(31)15(11-29(14)21)9-26-16-4-3-7-28(12-16)17-5-6-20(27-10-17)30(32)33/h5-6,8,10-11,14,16,26H,3-4,7,9,12-13H2,1-2H3. The summed E-state index contributed by atoms with van der Waals surface area (Å²) in [4.78, 5) is 29.7. The van der Waals surface area contributed by atoms with Crippen LogP contribution in [0.4, 0.5) is 15.9 Å². The molecule has 2 aliphatic rings. The summed E-state index contributed by atoms with van der Waals surface area (Å²) in [6.07, 6.45) is 5.20. The van der Waals surface area contributed by atoms with Crippen molar-refractivity contribution in [3.05, 3.63) is 62.3 Å². The van der Waals surface area contributed by atoms with E-state index in [0.29, 0.717) is 30.8 Å². The number of halogens is 1. The monoisotopic (exact) mass is 483 g/mol. The van der Waals surface area contributed by atoms with E-state index in [1.54, 1.807) is 6.07 Å². The van der Waals surface area contributed by atoms with E-state index in [2.05, 4.69) is 15.2 Å². The molecule has 1 saturated heterocycles. The van der Waals surface area contributed by atoms with Gasteiger partial charge in [-0.05, 0) is 41.8 Å². The van der Waals surface area contributed by atoms with E-state index in [1.807, 2.05) is 17.7 Å². The predicted octanol–water partition coefficient (Wildman–Crippen LogP) is 3.16. The Morgan fingerprint density at radius 3 is 2.94 bits per heavy atom. The van der Waals surface area contributed by atoms with E-state index in [0.717, 1.165) is 25.1 Å². The van der Waals surface area contributed by atoms with Gasteiger partial charge in [0, 0.05) is 43.5 Å². The lowest BCUT2D eigenvalue weighted by atomic mass is 10.0. The first-order chi connectivity index (χ1) is 16.9. The number of ether oxygens (including phenoxy) is 2. The molecule has 0 radical (unpaired) electrons. The molecule has 35 heavy (non-hydrogen) atoms. The van der Waals surface area contributed by atoms with Crippen LogP contribution in [0.3, 0.4) is 0 Å². The average Bonchev–Trinajstić information content (AvgIpc) is 2.86. The fourth-order valence-electron chi connectivity index (χ4n) is 4.88. The molecule has 1 fully saturated rings. The number of nitrogens with zero attached hydrogens (tertiary/aromatic N) is 4. The maximum atomic E-state index is 14.7. The van der Waals surface area contributed by atoms with Gasteiger partial charge in [-0.1, -0.05) is 0 Å². The summed E-state index contributed by atoms with van der Waals surface area (Å²) >= 11 is 0. The van der Waals surface area contributed by atoms with Crippen molar-refractivity contribution in [2.24, 2.45) is 0 Å². The summed E-state index contributed by atoms with van der Waals surface area (Å²) in [7, 11) is 1.38. The predicted molar refractivity (Wildman–Crippen MR) is 128 cm³/mol. The minimum absolute atomic E-state index is 0.00598. The van der Waals surface area contributed by atoms with Gasteiger partial charge in [-0.2, -0.15) is 0 Å². The number of benzene rings is 1. The zero-order chi connectivity index (χ0) is 24.7. The van der Waals surface area contributed by atoms with Gasteiger partial charge < -0.3 is 34.4 Å². The largest absolute Gasteiger partial charge is 0.490 e. The maximum Gasteiger partial charge on any atom is 0.363 e. The first-order valence-corrected chi connectivity index (χ1v) is 11.5. The molecule has 0 aliphatic carbocycles. The molecule has 2 atom stereocenters. The quantitative estimate of drug-likeness (QED) is 0.420. The van der Waals surface area contributed by atoms with Crippen molar-refractivity contribution >= 4 is 22.4 Å². The molecule has 11 heteroatoms. The number of hydrogen-bond acceptors (Lipinski definition) is 8. The summed E-state index contributed by atoms with van der Waals surface area (Å²) in [5, 5.41) is 14.6. The number of nitrogens with one attached hydrogen (secondary N) is 1. The van der Waals surface area contributed by atoms with Crippen molar-refractivity contribution in [2.45, 2.75) is 38.4 Å². The molecule has 5 rings (SSSR count). The number of methoxy groups -OCH3 is 1. The Hall–Kier alpha value is -3.73. The lowest BCUT2D eigenvalue weighted by molar-refractivity contribution is -0.389. The smallest absolute Gasteiger partial charge is 0.363 e. The molecule has 184 valence electrons. The Labute approximate surface area is 200 Å². The van der Waals surface area contributed by atoms with Gasteiger partial charge in [-0.15, -0.1) is 0 Å². The molecule has 2 aromatic heterocycles. The van der Waals surface area contributed by atoms with Gasteiger partial charge >= 0.3 is 5.82 Å². The van der Waals surface area contributed by atoms with Gasteiger partial charge in [0.1, 0.15) is 6.61 Å². The van der Waals surface area contributed by atoms with E-state index in [9.17, 15) is 19.3 Å². The minimum atomic E-state index is -0.627. The molecule has 4 heterocycles. The Balaban J connectivity index is 1.38. The minimum Gasteiger partial charge on any atom is -0.490 e. The van der Waals surface area contributed by atoms with Crippen LogP contribution < -0.4 is 25.1 Å². The van der Waals surface area contributed by atoms with Gasteiger partial charge in [-0.3, -0.25) is 4.79 Å². The molecule has 0 amide bonds. The average molecular weight is 484 g/mol. The Morgan fingerprint density at radius 1 is 1.40 bits per heavy atom. The lowest BCUT2D eigenvalue weighted by Gasteiger charge is -2.34. The number of pyridine rings is 2. The van der Waals surface area contributed by atoms with Crippen molar-refractivity contribution < 1.29 is 18.8 Å². The normalized spacial score (nSPS) is 19.5. The van der Waals surface area contributed by atoms with Crippen LogP contribution in [-0.2, 0) is 6.54 Å². The first-order valence-electron chi connectivity index (χ1n) is 11.5. The highest BCUT2D eigenvalue weighted by Crippen LogP contribution is 2.41. The molecule has 10 nitrogen and oxygen atoms in total. The third-order valence-electron chi connectivity index (χ3n) is 6.69. The summed E-state index contributed by atoms with van der Waals surface area (Å²) in [5.41, 5.74) is 1.68. The molecule has 3 aromatic rings. The van der Waals surface area contributed by atoms with Gasteiger partial charge in [0.2, 0.25) is 0 Å². The lowest BCUT2D eigenvalue weighted by Crippen LogP contribution is -2.46. The number of anilines is 1. The fraction of sp³-hybridized carbons (Fsp3) is 0.417.